The van der Waals surface area contributed by atoms with Crippen LogP contribution in [-0.2, 0) is 20.0 Å². The zero-order chi connectivity index (χ0) is 24.6. The third kappa shape index (κ3) is 4.49. The van der Waals surface area contributed by atoms with Crippen LogP contribution in [0.3, 0.4) is 0 Å². The summed E-state index contributed by atoms with van der Waals surface area (Å²) in [6.45, 7) is 0.881. The molecule has 1 aliphatic heterocycles. The van der Waals surface area contributed by atoms with Crippen LogP contribution in [0.4, 0.5) is 16.2 Å². The van der Waals surface area contributed by atoms with Crippen molar-refractivity contribution in [3.05, 3.63) is 68.8 Å². The minimum Gasteiger partial charge on any atom is -0.258 e. The molecule has 0 atom stereocenters. The molecule has 1 N–H and O–H groups in total. The second kappa shape index (κ2) is 8.52. The van der Waals surface area contributed by atoms with Crippen molar-refractivity contribution in [3.63, 3.8) is 0 Å². The Hall–Kier alpha value is -3.96. The highest BCUT2D eigenvalue weighted by Gasteiger charge is 2.45. The molecule has 33 heavy (non-hydrogen) atoms. The lowest BCUT2D eigenvalue weighted by atomic mass is 10.3. The van der Waals surface area contributed by atoms with E-state index in [0.717, 1.165) is 48.5 Å². The van der Waals surface area contributed by atoms with Crippen molar-refractivity contribution in [2.45, 2.75) is 16.7 Å². The second-order valence-corrected chi connectivity index (χ2v) is 10.3. The van der Waals surface area contributed by atoms with Crippen molar-refractivity contribution in [1.82, 2.24) is 14.3 Å². The number of non-ortho nitro benzene ring substituents is 2. The van der Waals surface area contributed by atoms with Crippen molar-refractivity contribution < 1.29 is 31.5 Å². The molecule has 3 rings (SSSR count). The summed E-state index contributed by atoms with van der Waals surface area (Å²) in [5.41, 5.74) is 1.25. The van der Waals surface area contributed by atoms with Gasteiger partial charge in [-0.3, -0.25) is 20.2 Å². The first-order valence-electron chi connectivity index (χ1n) is 8.76. The summed E-state index contributed by atoms with van der Waals surface area (Å²) in [5, 5.41) is 25.7. The third-order valence-electron chi connectivity index (χ3n) is 4.25. The molecule has 17 heteroatoms. The predicted molar refractivity (Wildman–Crippen MR) is 111 cm³/mol. The summed E-state index contributed by atoms with van der Waals surface area (Å²) in [4.78, 5) is 31.2. The van der Waals surface area contributed by atoms with Crippen LogP contribution < -0.4 is 5.43 Å². The molecule has 0 saturated heterocycles. The first-order chi connectivity index (χ1) is 15.4. The molecule has 2 aromatic carbocycles. The lowest BCUT2D eigenvalue weighted by Crippen LogP contribution is -2.58. The Balaban J connectivity index is 2.19. The molecule has 0 saturated carbocycles. The SMILES string of the molecule is CC1=NNC(=O)N(N(S(=O)(=O)c2ccc([N+](=O)[O-])cc2)S(=O)(=O)c2ccc([N+](=O)[O-])cc2)C1. The number of hydrogen-bond donors (Lipinski definition) is 1. The molecule has 2 aromatic rings. The number of benzene rings is 2. The fourth-order valence-electron chi connectivity index (χ4n) is 2.71. The predicted octanol–water partition coefficient (Wildman–Crippen LogP) is 1.20. The molecule has 1 heterocycles. The van der Waals surface area contributed by atoms with Crippen molar-refractivity contribution in [3.8, 4) is 0 Å². The van der Waals surface area contributed by atoms with Crippen LogP contribution in [0.1, 0.15) is 6.92 Å². The molecule has 0 radical (unpaired) electrons. The van der Waals surface area contributed by atoms with Gasteiger partial charge in [-0.25, -0.2) is 32.1 Å². The van der Waals surface area contributed by atoms with E-state index < -0.39 is 63.6 Å². The van der Waals surface area contributed by atoms with Crippen LogP contribution in [0.25, 0.3) is 0 Å². The monoisotopic (exact) mass is 498 g/mol. The lowest BCUT2D eigenvalue weighted by molar-refractivity contribution is -0.385. The maximum atomic E-state index is 13.4. The number of nitrogens with zero attached hydrogens (tertiary/aromatic N) is 5. The molecule has 0 bridgehead atoms. The number of amides is 2. The number of hydrazine groups is 1. The van der Waals surface area contributed by atoms with Gasteiger partial charge in [0.15, 0.2) is 0 Å². The summed E-state index contributed by atoms with van der Waals surface area (Å²) >= 11 is 0. The van der Waals surface area contributed by atoms with E-state index >= 15 is 0 Å². The maximum absolute atomic E-state index is 13.4. The van der Waals surface area contributed by atoms with E-state index in [2.05, 4.69) is 5.10 Å². The number of nitro groups is 2. The minimum atomic E-state index is -5.03. The van der Waals surface area contributed by atoms with Gasteiger partial charge < -0.3 is 0 Å². The number of rotatable bonds is 7. The molecule has 2 amide bonds. The molecule has 15 nitrogen and oxygen atoms in total. The molecular formula is C16H14N6O9S2. The van der Waals surface area contributed by atoms with Gasteiger partial charge in [-0.15, -0.1) is 0 Å². The van der Waals surface area contributed by atoms with E-state index in [1.807, 2.05) is 5.43 Å². The standard InChI is InChI=1S/C16H14N6O9S2/c1-11-10-19(16(23)18-17-11)22(32(28,29)14-6-2-12(3-7-14)20(24)25)33(30,31)15-8-4-13(5-9-15)21(26)27/h2-9H,10H2,1H3,(H,18,23). The number of carbonyl (C=O) groups excluding carboxylic acids is 1. The van der Waals surface area contributed by atoms with Gasteiger partial charge in [0.1, 0.15) is 0 Å². The quantitative estimate of drug-likeness (QED) is 0.429. The summed E-state index contributed by atoms with van der Waals surface area (Å²) in [6, 6.07) is 5.49. The topological polar surface area (TPSA) is 202 Å². The highest BCUT2D eigenvalue weighted by molar-refractivity contribution is 8.04. The van der Waals surface area contributed by atoms with Crippen LogP contribution in [0.15, 0.2) is 63.4 Å². The normalized spacial score (nSPS) is 14.5. The number of carbonyl (C=O) groups is 1. The van der Waals surface area contributed by atoms with Gasteiger partial charge in [-0.1, -0.05) is 0 Å². The Morgan fingerprint density at radius 2 is 1.27 bits per heavy atom. The zero-order valence-electron chi connectivity index (χ0n) is 16.6. The van der Waals surface area contributed by atoms with Gasteiger partial charge in [0.05, 0.1) is 31.9 Å². The Kier molecular flexibility index (Phi) is 6.12. The Morgan fingerprint density at radius 3 is 1.64 bits per heavy atom. The molecule has 0 unspecified atom stereocenters. The van der Waals surface area contributed by atoms with Gasteiger partial charge in [0, 0.05) is 28.1 Å². The molecular weight excluding hydrogens is 484 g/mol. The van der Waals surface area contributed by atoms with E-state index in [1.54, 1.807) is 0 Å². The number of urea groups is 1. The maximum Gasteiger partial charge on any atom is 0.354 e. The van der Waals surface area contributed by atoms with Gasteiger partial charge in [0.25, 0.3) is 31.4 Å². The van der Waals surface area contributed by atoms with E-state index in [9.17, 15) is 41.9 Å². The fourth-order valence-corrected chi connectivity index (χ4v) is 6.36. The van der Waals surface area contributed by atoms with Crippen molar-refractivity contribution >= 4 is 43.2 Å². The van der Waals surface area contributed by atoms with Gasteiger partial charge in [-0.05, 0) is 31.2 Å². The number of hydrazone groups is 1. The van der Waals surface area contributed by atoms with E-state index in [4.69, 9.17) is 0 Å². The minimum absolute atomic E-state index is 0.164. The summed E-state index contributed by atoms with van der Waals surface area (Å²) < 4.78 is 53.3. The zero-order valence-corrected chi connectivity index (χ0v) is 18.2. The van der Waals surface area contributed by atoms with E-state index in [0.29, 0.717) is 5.01 Å². The van der Waals surface area contributed by atoms with Crippen LogP contribution in [0, 0.1) is 20.2 Å². The van der Waals surface area contributed by atoms with Crippen molar-refractivity contribution in [1.29, 1.82) is 0 Å². The van der Waals surface area contributed by atoms with Crippen LogP contribution in [0.2, 0.25) is 0 Å². The average Bonchev–Trinajstić information content (AvgIpc) is 2.76. The highest BCUT2D eigenvalue weighted by Crippen LogP contribution is 2.29. The molecule has 1 aliphatic rings. The fraction of sp³-hybridized carbons (Fsp3) is 0.125. The van der Waals surface area contributed by atoms with E-state index in [-0.39, 0.29) is 9.53 Å². The first kappa shape index (κ1) is 23.7. The lowest BCUT2D eigenvalue weighted by Gasteiger charge is -2.33. The van der Waals surface area contributed by atoms with Gasteiger partial charge >= 0.3 is 6.03 Å². The van der Waals surface area contributed by atoms with Crippen LogP contribution >= 0.6 is 0 Å². The van der Waals surface area contributed by atoms with E-state index in [1.165, 1.54) is 6.92 Å². The highest BCUT2D eigenvalue weighted by atomic mass is 32.3. The van der Waals surface area contributed by atoms with Crippen LogP contribution in [0.5, 0.6) is 0 Å². The average molecular weight is 498 g/mol. The molecule has 0 fully saturated rings. The summed E-state index contributed by atoms with van der Waals surface area (Å²) in [7, 11) is -10.1. The van der Waals surface area contributed by atoms with Crippen molar-refractivity contribution in [2.24, 2.45) is 5.10 Å². The smallest absolute Gasteiger partial charge is 0.258 e. The first-order valence-corrected chi connectivity index (χ1v) is 11.6. The molecule has 0 spiro atoms. The molecule has 0 aliphatic carbocycles. The summed E-state index contributed by atoms with van der Waals surface area (Å²) in [5.74, 6) is 0. The summed E-state index contributed by atoms with van der Waals surface area (Å²) in [6.07, 6.45) is 0. The number of sulfonamides is 2. The third-order valence-corrected chi connectivity index (χ3v) is 8.38. The number of nitrogens with one attached hydrogen (secondary N) is 1. The molecule has 0 aromatic heterocycles. The second-order valence-electron chi connectivity index (χ2n) is 6.51. The largest absolute Gasteiger partial charge is 0.354 e. The Labute approximate surface area is 186 Å². The molecule has 174 valence electrons. The van der Waals surface area contributed by atoms with Gasteiger partial charge in [-0.2, -0.15) is 5.10 Å². The number of nitro benzene ring substituents is 2. The van der Waals surface area contributed by atoms with Crippen LogP contribution in [-0.4, -0.2) is 53.8 Å². The Bertz CT molecular complexity index is 1280. The Morgan fingerprint density at radius 1 is 0.879 bits per heavy atom. The number of hydrogen-bond acceptors (Lipinski definition) is 10. The van der Waals surface area contributed by atoms with Gasteiger partial charge in [0.2, 0.25) is 0 Å². The van der Waals surface area contributed by atoms with Crippen molar-refractivity contribution in [2.75, 3.05) is 6.54 Å².